The Kier molecular flexibility index (Phi) is 6.58. The molecule has 2 heterocycles. The van der Waals surface area contributed by atoms with Crippen LogP contribution in [0.15, 0.2) is 48.7 Å². The number of nitrogens with zero attached hydrogens (tertiary/aromatic N) is 3. The molecule has 0 aliphatic heterocycles. The van der Waals surface area contributed by atoms with Crippen molar-refractivity contribution in [1.82, 2.24) is 15.0 Å². The third-order valence-electron chi connectivity index (χ3n) is 3.73. The molecule has 3 aromatic rings. The fourth-order valence-electron chi connectivity index (χ4n) is 2.42. The lowest BCUT2D eigenvalue weighted by Gasteiger charge is -2.15. The van der Waals surface area contributed by atoms with Gasteiger partial charge in [-0.2, -0.15) is 4.98 Å². The van der Waals surface area contributed by atoms with Gasteiger partial charge in [-0.05, 0) is 37.3 Å². The van der Waals surface area contributed by atoms with Gasteiger partial charge >= 0.3 is 6.36 Å². The van der Waals surface area contributed by atoms with Crippen molar-refractivity contribution in [1.29, 1.82) is 0 Å². The lowest BCUT2D eigenvalue weighted by atomic mass is 10.2. The van der Waals surface area contributed by atoms with E-state index in [1.807, 2.05) is 0 Å². The molecule has 0 unspecified atom stereocenters. The number of halogens is 4. The number of hydrogen-bond donors (Lipinski definition) is 3. The quantitative estimate of drug-likeness (QED) is 0.494. The molecule has 7 nitrogen and oxygen atoms in total. The van der Waals surface area contributed by atoms with Crippen LogP contribution in [0.25, 0.3) is 11.4 Å². The molecule has 0 spiro atoms. The maximum absolute atomic E-state index is 12.4. The first-order valence-electron chi connectivity index (χ1n) is 8.73. The van der Waals surface area contributed by atoms with E-state index in [4.69, 9.17) is 11.6 Å². The first-order valence-corrected chi connectivity index (χ1v) is 9.11. The molecule has 1 atom stereocenters. The highest BCUT2D eigenvalue weighted by atomic mass is 35.5. The van der Waals surface area contributed by atoms with E-state index in [0.717, 1.165) is 6.07 Å². The number of alkyl halides is 3. The Morgan fingerprint density at radius 1 is 1.13 bits per heavy atom. The molecule has 0 saturated heterocycles. The van der Waals surface area contributed by atoms with Crippen molar-refractivity contribution >= 4 is 29.1 Å². The summed E-state index contributed by atoms with van der Waals surface area (Å²) in [4.78, 5) is 13.0. The maximum atomic E-state index is 12.4. The van der Waals surface area contributed by atoms with Gasteiger partial charge in [-0.1, -0.05) is 17.7 Å². The molecule has 0 aliphatic rings. The Morgan fingerprint density at radius 3 is 2.57 bits per heavy atom. The van der Waals surface area contributed by atoms with Crippen LogP contribution in [0.2, 0.25) is 5.02 Å². The predicted molar refractivity (Wildman–Crippen MR) is 107 cm³/mol. The van der Waals surface area contributed by atoms with Gasteiger partial charge in [0.05, 0.1) is 23.0 Å². The summed E-state index contributed by atoms with van der Waals surface area (Å²) in [7, 11) is 0. The standard InChI is InChI=1S/C19H17ClF3N5O2/c1-11(10-29)25-18-27-15(14-4-2-3-7-24-14)9-17(28-18)26-12-5-6-16(13(20)8-12)30-19(21,22)23/h2-9,11,29H,10H2,1H3,(H2,25,26,27,28)/t11-/m0/s1. The number of aliphatic hydroxyl groups excluding tert-OH is 1. The maximum Gasteiger partial charge on any atom is 0.573 e. The summed E-state index contributed by atoms with van der Waals surface area (Å²) >= 11 is 5.90. The highest BCUT2D eigenvalue weighted by molar-refractivity contribution is 6.32. The number of hydrogen-bond acceptors (Lipinski definition) is 7. The lowest BCUT2D eigenvalue weighted by molar-refractivity contribution is -0.274. The predicted octanol–water partition coefficient (Wildman–Crippen LogP) is 4.63. The van der Waals surface area contributed by atoms with E-state index in [1.165, 1.54) is 12.1 Å². The Morgan fingerprint density at radius 2 is 1.93 bits per heavy atom. The van der Waals surface area contributed by atoms with Crippen molar-refractivity contribution < 1.29 is 23.0 Å². The Balaban J connectivity index is 1.91. The monoisotopic (exact) mass is 439 g/mol. The number of anilines is 3. The molecule has 1 aromatic carbocycles. The molecule has 30 heavy (non-hydrogen) atoms. The van der Waals surface area contributed by atoms with Crippen LogP contribution in [0, 0.1) is 0 Å². The molecule has 2 aromatic heterocycles. The van der Waals surface area contributed by atoms with Crippen LogP contribution in [0.3, 0.4) is 0 Å². The number of aliphatic hydroxyl groups is 1. The van der Waals surface area contributed by atoms with Crippen molar-refractivity contribution in [2.24, 2.45) is 0 Å². The van der Waals surface area contributed by atoms with Crippen molar-refractivity contribution in [2.45, 2.75) is 19.3 Å². The minimum absolute atomic E-state index is 0.129. The fourth-order valence-corrected chi connectivity index (χ4v) is 2.64. The Labute approximate surface area is 174 Å². The highest BCUT2D eigenvalue weighted by Gasteiger charge is 2.32. The number of benzene rings is 1. The van der Waals surface area contributed by atoms with Crippen molar-refractivity contribution in [2.75, 3.05) is 17.2 Å². The summed E-state index contributed by atoms with van der Waals surface area (Å²) in [5, 5.41) is 15.0. The van der Waals surface area contributed by atoms with Gasteiger partial charge in [0.1, 0.15) is 11.6 Å². The van der Waals surface area contributed by atoms with E-state index in [0.29, 0.717) is 22.9 Å². The number of aromatic nitrogens is 3. The number of nitrogens with one attached hydrogen (secondary N) is 2. The molecule has 0 amide bonds. The third kappa shape index (κ3) is 5.94. The van der Waals surface area contributed by atoms with Crippen LogP contribution in [0.5, 0.6) is 5.75 Å². The average Bonchev–Trinajstić information content (AvgIpc) is 2.69. The Hall–Kier alpha value is -3.11. The van der Waals surface area contributed by atoms with Crippen LogP contribution >= 0.6 is 11.6 Å². The summed E-state index contributed by atoms with van der Waals surface area (Å²) < 4.78 is 41.1. The van der Waals surface area contributed by atoms with Crippen LogP contribution in [-0.2, 0) is 0 Å². The lowest BCUT2D eigenvalue weighted by Crippen LogP contribution is -2.21. The average molecular weight is 440 g/mol. The second-order valence-electron chi connectivity index (χ2n) is 6.22. The molecular weight excluding hydrogens is 423 g/mol. The summed E-state index contributed by atoms with van der Waals surface area (Å²) in [6, 6.07) is 10.4. The van der Waals surface area contributed by atoms with Crippen LogP contribution in [-0.4, -0.2) is 39.1 Å². The SMILES string of the molecule is C[C@@H](CO)Nc1nc(Nc2ccc(OC(F)(F)F)c(Cl)c2)cc(-c2ccccn2)n1. The zero-order chi connectivity index (χ0) is 21.7. The van der Waals surface area contributed by atoms with Gasteiger partial charge in [0, 0.05) is 24.0 Å². The normalized spacial score (nSPS) is 12.3. The van der Waals surface area contributed by atoms with Gasteiger partial charge in [0.2, 0.25) is 5.95 Å². The Bertz CT molecular complexity index is 1010. The second-order valence-corrected chi connectivity index (χ2v) is 6.63. The van der Waals surface area contributed by atoms with Gasteiger partial charge < -0.3 is 20.5 Å². The molecule has 0 radical (unpaired) electrons. The number of ether oxygens (including phenoxy) is 1. The zero-order valence-electron chi connectivity index (χ0n) is 15.6. The summed E-state index contributed by atoms with van der Waals surface area (Å²) in [6.07, 6.45) is -3.22. The molecule has 3 rings (SSSR count). The van der Waals surface area contributed by atoms with Gasteiger partial charge in [-0.15, -0.1) is 13.2 Å². The molecular formula is C19H17ClF3N5O2. The summed E-state index contributed by atoms with van der Waals surface area (Å²) in [5.41, 5.74) is 1.49. The molecule has 0 fully saturated rings. The smallest absolute Gasteiger partial charge is 0.404 e. The van der Waals surface area contributed by atoms with E-state index >= 15 is 0 Å². The van der Waals surface area contributed by atoms with Crippen LogP contribution < -0.4 is 15.4 Å². The van der Waals surface area contributed by atoms with Crippen LogP contribution in [0.1, 0.15) is 6.92 Å². The largest absolute Gasteiger partial charge is 0.573 e. The first-order chi connectivity index (χ1) is 14.2. The van der Waals surface area contributed by atoms with Gasteiger partial charge in [0.15, 0.2) is 0 Å². The molecule has 0 aliphatic carbocycles. The molecule has 0 saturated carbocycles. The van der Waals surface area contributed by atoms with Gasteiger partial charge in [0.25, 0.3) is 0 Å². The molecule has 158 valence electrons. The topological polar surface area (TPSA) is 92.2 Å². The summed E-state index contributed by atoms with van der Waals surface area (Å²) in [5.74, 6) is 0.0786. The van der Waals surface area contributed by atoms with Gasteiger partial charge in [-0.3, -0.25) is 4.98 Å². The minimum Gasteiger partial charge on any atom is -0.404 e. The summed E-state index contributed by atoms with van der Waals surface area (Å²) in [6.45, 7) is 1.62. The van der Waals surface area contributed by atoms with E-state index < -0.39 is 12.1 Å². The number of pyridine rings is 1. The minimum atomic E-state index is -4.84. The molecule has 3 N–H and O–H groups in total. The van der Waals surface area contributed by atoms with E-state index in [-0.39, 0.29) is 23.6 Å². The number of rotatable bonds is 7. The molecule has 11 heteroatoms. The van der Waals surface area contributed by atoms with Gasteiger partial charge in [-0.25, -0.2) is 4.98 Å². The molecule has 0 bridgehead atoms. The van der Waals surface area contributed by atoms with E-state index in [2.05, 4.69) is 30.3 Å². The second kappa shape index (κ2) is 9.14. The first kappa shape index (κ1) is 21.6. The third-order valence-corrected chi connectivity index (χ3v) is 4.03. The van der Waals surface area contributed by atoms with E-state index in [1.54, 1.807) is 37.4 Å². The van der Waals surface area contributed by atoms with Crippen molar-refractivity contribution in [3.8, 4) is 17.1 Å². The van der Waals surface area contributed by atoms with Crippen molar-refractivity contribution in [3.63, 3.8) is 0 Å². The van der Waals surface area contributed by atoms with Crippen molar-refractivity contribution in [3.05, 3.63) is 53.7 Å². The fraction of sp³-hybridized carbons (Fsp3) is 0.211. The van der Waals surface area contributed by atoms with E-state index in [9.17, 15) is 18.3 Å². The highest BCUT2D eigenvalue weighted by Crippen LogP contribution is 2.33. The van der Waals surface area contributed by atoms with Crippen LogP contribution in [0.4, 0.5) is 30.6 Å². The zero-order valence-corrected chi connectivity index (χ0v) is 16.4.